The third-order valence-corrected chi connectivity index (χ3v) is 4.48. The van der Waals surface area contributed by atoms with Crippen LogP contribution in [0.15, 0.2) is 35.7 Å². The van der Waals surface area contributed by atoms with E-state index in [1.54, 1.807) is 43.3 Å². The molecule has 0 unspecified atom stereocenters. The van der Waals surface area contributed by atoms with Gasteiger partial charge in [0.1, 0.15) is 11.4 Å². The maximum atomic E-state index is 13.1. The predicted octanol–water partition coefficient (Wildman–Crippen LogP) is -0.416. The highest BCUT2D eigenvalue weighted by Gasteiger charge is 2.37. The van der Waals surface area contributed by atoms with Crippen molar-refractivity contribution in [2.24, 2.45) is 0 Å². The molecule has 8 nitrogen and oxygen atoms in total. The van der Waals surface area contributed by atoms with Crippen LogP contribution in [0.5, 0.6) is 0 Å². The van der Waals surface area contributed by atoms with Crippen LogP contribution in [-0.2, 0) is 4.79 Å². The quantitative estimate of drug-likeness (QED) is 0.637. The van der Waals surface area contributed by atoms with Crippen LogP contribution in [0, 0.1) is 0 Å². The molecule has 0 saturated heterocycles. The molecule has 0 heterocycles. The number of fused-ring (bicyclic) bond motifs is 1. The van der Waals surface area contributed by atoms with Crippen molar-refractivity contribution in [3.05, 3.63) is 46.8 Å². The molecular formula is C19H25N3O5. The Kier molecular flexibility index (Phi) is 6.84. The fourth-order valence-electron chi connectivity index (χ4n) is 2.99. The van der Waals surface area contributed by atoms with E-state index in [2.05, 4.69) is 0 Å². The van der Waals surface area contributed by atoms with Gasteiger partial charge < -0.3 is 20.0 Å². The van der Waals surface area contributed by atoms with Crippen molar-refractivity contribution in [3.8, 4) is 0 Å². The molecule has 1 amide bonds. The zero-order chi connectivity index (χ0) is 20.1. The highest BCUT2D eigenvalue weighted by atomic mass is 16.3. The molecule has 1 aromatic rings. The zero-order valence-corrected chi connectivity index (χ0v) is 15.8. The Labute approximate surface area is 158 Å². The SMILES string of the molecule is CN(CCO)CC(=O)N(C)C1=C(N(C)CCO)C(=O)c2ccccc2C1=O. The zero-order valence-electron chi connectivity index (χ0n) is 15.8. The number of hydrogen-bond acceptors (Lipinski definition) is 7. The van der Waals surface area contributed by atoms with Gasteiger partial charge in [-0.3, -0.25) is 19.3 Å². The van der Waals surface area contributed by atoms with Gasteiger partial charge in [0.2, 0.25) is 17.5 Å². The number of nitrogens with zero attached hydrogens (tertiary/aromatic N) is 3. The third-order valence-electron chi connectivity index (χ3n) is 4.48. The summed E-state index contributed by atoms with van der Waals surface area (Å²) in [5.74, 6) is -1.15. The van der Waals surface area contributed by atoms with E-state index in [1.165, 1.54) is 16.8 Å². The van der Waals surface area contributed by atoms with E-state index < -0.39 is 5.78 Å². The van der Waals surface area contributed by atoms with Gasteiger partial charge in [0.25, 0.3) is 0 Å². The van der Waals surface area contributed by atoms with Gasteiger partial charge in [-0.05, 0) is 7.05 Å². The van der Waals surface area contributed by atoms with Gasteiger partial charge >= 0.3 is 0 Å². The molecule has 1 aromatic carbocycles. The first-order chi connectivity index (χ1) is 12.8. The van der Waals surface area contributed by atoms with Gasteiger partial charge in [0.15, 0.2) is 0 Å². The summed E-state index contributed by atoms with van der Waals surface area (Å²) in [5.41, 5.74) is 0.622. The van der Waals surface area contributed by atoms with Crippen molar-refractivity contribution < 1.29 is 24.6 Å². The molecule has 0 fully saturated rings. The third kappa shape index (κ3) is 4.24. The van der Waals surface area contributed by atoms with E-state index >= 15 is 0 Å². The Morgan fingerprint density at radius 3 is 1.93 bits per heavy atom. The number of allylic oxidation sites excluding steroid dienone is 2. The van der Waals surface area contributed by atoms with Crippen molar-refractivity contribution in [2.45, 2.75) is 0 Å². The monoisotopic (exact) mass is 375 g/mol. The van der Waals surface area contributed by atoms with Crippen LogP contribution in [0.1, 0.15) is 20.7 Å². The van der Waals surface area contributed by atoms with E-state index in [4.69, 9.17) is 5.11 Å². The molecular weight excluding hydrogens is 350 g/mol. The lowest BCUT2D eigenvalue weighted by Gasteiger charge is -2.32. The standard InChI is InChI=1S/C19H25N3O5/c1-20(8-10-23)12-15(25)22(3)17-16(21(2)9-11-24)18(26)13-6-4-5-7-14(13)19(17)27/h4-7,23-24H,8-12H2,1-3H3. The Morgan fingerprint density at radius 2 is 1.41 bits per heavy atom. The fourth-order valence-corrected chi connectivity index (χ4v) is 2.99. The van der Waals surface area contributed by atoms with Gasteiger partial charge in [-0.1, -0.05) is 24.3 Å². The second-order valence-electron chi connectivity index (χ2n) is 6.46. The molecule has 0 bridgehead atoms. The van der Waals surface area contributed by atoms with E-state index in [-0.39, 0.29) is 60.5 Å². The van der Waals surface area contributed by atoms with E-state index in [1.807, 2.05) is 0 Å². The first kappa shape index (κ1) is 20.8. The summed E-state index contributed by atoms with van der Waals surface area (Å²) >= 11 is 0. The van der Waals surface area contributed by atoms with Crippen LogP contribution < -0.4 is 0 Å². The molecule has 0 spiro atoms. The summed E-state index contributed by atoms with van der Waals surface area (Å²) in [6.45, 7) is 0.150. The normalized spacial score (nSPS) is 13.9. The predicted molar refractivity (Wildman–Crippen MR) is 99.2 cm³/mol. The molecule has 0 atom stereocenters. The summed E-state index contributed by atoms with van der Waals surface area (Å²) in [5, 5.41) is 18.2. The number of ketones is 2. The Morgan fingerprint density at radius 1 is 0.889 bits per heavy atom. The number of carbonyl (C=O) groups is 3. The van der Waals surface area contributed by atoms with Crippen molar-refractivity contribution in [1.29, 1.82) is 0 Å². The summed E-state index contributed by atoms with van der Waals surface area (Å²) < 4.78 is 0. The lowest BCUT2D eigenvalue weighted by atomic mass is 9.89. The summed E-state index contributed by atoms with van der Waals surface area (Å²) in [6, 6.07) is 6.49. The molecule has 0 aliphatic heterocycles. The van der Waals surface area contributed by atoms with Gasteiger partial charge in [-0.2, -0.15) is 0 Å². The maximum Gasteiger partial charge on any atom is 0.241 e. The molecule has 0 aromatic heterocycles. The van der Waals surface area contributed by atoms with Crippen molar-refractivity contribution in [3.63, 3.8) is 0 Å². The van der Waals surface area contributed by atoms with E-state index in [0.717, 1.165) is 0 Å². The number of carbonyl (C=O) groups excluding carboxylic acids is 3. The van der Waals surface area contributed by atoms with Crippen LogP contribution in [0.3, 0.4) is 0 Å². The number of aliphatic hydroxyl groups excluding tert-OH is 2. The minimum Gasteiger partial charge on any atom is -0.395 e. The van der Waals surface area contributed by atoms with Crippen molar-refractivity contribution in [2.75, 3.05) is 54.0 Å². The average molecular weight is 375 g/mol. The second-order valence-corrected chi connectivity index (χ2v) is 6.46. The molecule has 8 heteroatoms. The molecule has 0 saturated carbocycles. The van der Waals surface area contributed by atoms with Crippen LogP contribution in [0.2, 0.25) is 0 Å². The van der Waals surface area contributed by atoms with Crippen molar-refractivity contribution >= 4 is 17.5 Å². The van der Waals surface area contributed by atoms with E-state index in [0.29, 0.717) is 6.54 Å². The minimum atomic E-state index is -0.411. The van der Waals surface area contributed by atoms with Gasteiger partial charge in [-0.25, -0.2) is 0 Å². The molecule has 0 radical (unpaired) electrons. The lowest BCUT2D eigenvalue weighted by Crippen LogP contribution is -2.43. The molecule has 146 valence electrons. The summed E-state index contributed by atoms with van der Waals surface area (Å²) in [7, 11) is 4.73. The van der Waals surface area contributed by atoms with Gasteiger partial charge in [0.05, 0.1) is 19.8 Å². The minimum absolute atomic E-state index is 0.00273. The molecule has 2 N–H and O–H groups in total. The molecule has 1 aliphatic rings. The van der Waals surface area contributed by atoms with Crippen molar-refractivity contribution in [1.82, 2.24) is 14.7 Å². The largest absolute Gasteiger partial charge is 0.395 e. The second kappa shape index (κ2) is 8.90. The maximum absolute atomic E-state index is 13.1. The van der Waals surface area contributed by atoms with Gasteiger partial charge in [0, 0.05) is 38.3 Å². The number of aliphatic hydroxyl groups is 2. The Balaban J connectivity index is 2.49. The van der Waals surface area contributed by atoms with Gasteiger partial charge in [-0.15, -0.1) is 0 Å². The van der Waals surface area contributed by atoms with E-state index in [9.17, 15) is 19.5 Å². The highest BCUT2D eigenvalue weighted by molar-refractivity contribution is 6.27. The number of hydrogen-bond donors (Lipinski definition) is 2. The number of benzene rings is 1. The number of amides is 1. The molecule has 2 rings (SSSR count). The van der Waals surface area contributed by atoms with Crippen LogP contribution in [0.4, 0.5) is 0 Å². The Hall–Kier alpha value is -2.55. The topological polar surface area (TPSA) is 101 Å². The molecule has 1 aliphatic carbocycles. The van der Waals surface area contributed by atoms with Crippen LogP contribution in [-0.4, -0.2) is 96.4 Å². The first-order valence-electron chi connectivity index (χ1n) is 8.64. The number of likely N-dealkylation sites (N-methyl/N-ethyl adjacent to an activating group) is 3. The summed E-state index contributed by atoms with van der Waals surface area (Å²) in [6.07, 6.45) is 0. The summed E-state index contributed by atoms with van der Waals surface area (Å²) in [4.78, 5) is 43.1. The van der Waals surface area contributed by atoms with Crippen LogP contribution in [0.25, 0.3) is 0 Å². The smallest absolute Gasteiger partial charge is 0.241 e. The molecule has 27 heavy (non-hydrogen) atoms. The number of Topliss-reactive ketones (excluding diaryl/α,β-unsaturated/α-hetero) is 2. The lowest BCUT2D eigenvalue weighted by molar-refractivity contribution is -0.129. The average Bonchev–Trinajstić information content (AvgIpc) is 2.64. The first-order valence-corrected chi connectivity index (χ1v) is 8.64. The Bertz CT molecular complexity index is 774. The van der Waals surface area contributed by atoms with Crippen LogP contribution >= 0.6 is 0 Å². The number of rotatable bonds is 8. The highest BCUT2D eigenvalue weighted by Crippen LogP contribution is 2.29. The fraction of sp³-hybridized carbons (Fsp3) is 0.421.